The van der Waals surface area contributed by atoms with Crippen molar-refractivity contribution in [2.75, 3.05) is 13.1 Å². The fraction of sp³-hybridized carbons (Fsp3) is 0.333. The maximum absolute atomic E-state index is 12.5. The molecule has 0 saturated carbocycles. The molecule has 4 nitrogen and oxygen atoms in total. The third kappa shape index (κ3) is 2.19. The number of rotatable bonds is 1. The third-order valence-corrected chi connectivity index (χ3v) is 3.66. The smallest absolute Gasteiger partial charge is 0.255 e. The van der Waals surface area contributed by atoms with Crippen LogP contribution in [0.5, 0.6) is 0 Å². The molecule has 3 rings (SSSR count). The van der Waals surface area contributed by atoms with Crippen molar-refractivity contribution in [2.24, 2.45) is 5.73 Å². The van der Waals surface area contributed by atoms with Gasteiger partial charge in [-0.3, -0.25) is 9.78 Å². The van der Waals surface area contributed by atoms with Gasteiger partial charge in [-0.05, 0) is 25.5 Å². The molecule has 1 aromatic heterocycles. The monoisotopic (exact) mass is 255 g/mol. The Balaban J connectivity index is 2.00. The van der Waals surface area contributed by atoms with Gasteiger partial charge in [0.25, 0.3) is 5.91 Å². The number of likely N-dealkylation sites (tertiary alicyclic amines) is 1. The maximum Gasteiger partial charge on any atom is 0.255 e. The van der Waals surface area contributed by atoms with E-state index in [9.17, 15) is 4.79 Å². The highest BCUT2D eigenvalue weighted by atomic mass is 16.2. The van der Waals surface area contributed by atoms with E-state index in [-0.39, 0.29) is 11.9 Å². The first kappa shape index (κ1) is 12.1. The van der Waals surface area contributed by atoms with E-state index in [2.05, 4.69) is 4.98 Å². The average Bonchev–Trinajstić information content (AvgIpc) is 2.84. The van der Waals surface area contributed by atoms with Crippen molar-refractivity contribution in [3.05, 3.63) is 41.6 Å². The topological polar surface area (TPSA) is 59.2 Å². The number of benzene rings is 1. The average molecular weight is 255 g/mol. The van der Waals surface area contributed by atoms with Crippen molar-refractivity contribution in [1.29, 1.82) is 0 Å². The molecule has 1 amide bonds. The van der Waals surface area contributed by atoms with Gasteiger partial charge in [0.1, 0.15) is 0 Å². The first-order valence-corrected chi connectivity index (χ1v) is 6.56. The summed E-state index contributed by atoms with van der Waals surface area (Å²) in [6.45, 7) is 3.27. The van der Waals surface area contributed by atoms with E-state index in [1.807, 2.05) is 42.2 Å². The molecule has 2 aromatic rings. The molecule has 0 bridgehead atoms. The van der Waals surface area contributed by atoms with Crippen LogP contribution < -0.4 is 5.73 Å². The van der Waals surface area contributed by atoms with Crippen molar-refractivity contribution in [3.63, 3.8) is 0 Å². The van der Waals surface area contributed by atoms with Crippen LogP contribution in [-0.2, 0) is 0 Å². The number of nitrogens with two attached hydrogens (primary N) is 1. The number of nitrogens with zero attached hydrogens (tertiary/aromatic N) is 2. The SMILES string of the molecule is Cc1nc2ccccc2cc1C(=O)N1CC[C@H](N)C1. The lowest BCUT2D eigenvalue weighted by Crippen LogP contribution is -2.32. The molecule has 1 atom stereocenters. The predicted octanol–water partition coefficient (Wildman–Crippen LogP) is 1.72. The number of pyridine rings is 1. The van der Waals surface area contributed by atoms with Gasteiger partial charge < -0.3 is 10.6 Å². The zero-order valence-electron chi connectivity index (χ0n) is 11.0. The summed E-state index contributed by atoms with van der Waals surface area (Å²) in [6, 6.07) is 9.90. The van der Waals surface area contributed by atoms with Crippen LogP contribution in [0.1, 0.15) is 22.5 Å². The first-order chi connectivity index (χ1) is 9.15. The molecular formula is C15H17N3O. The van der Waals surface area contributed by atoms with Crippen molar-refractivity contribution < 1.29 is 4.79 Å². The van der Waals surface area contributed by atoms with Crippen LogP contribution in [-0.4, -0.2) is 34.9 Å². The summed E-state index contributed by atoms with van der Waals surface area (Å²) in [6.07, 6.45) is 0.881. The second kappa shape index (κ2) is 4.63. The second-order valence-electron chi connectivity index (χ2n) is 5.11. The lowest BCUT2D eigenvalue weighted by Gasteiger charge is -2.17. The molecule has 0 radical (unpaired) electrons. The van der Waals surface area contributed by atoms with Crippen LogP contribution >= 0.6 is 0 Å². The number of hydrogen-bond donors (Lipinski definition) is 1. The summed E-state index contributed by atoms with van der Waals surface area (Å²) in [5, 5.41) is 1.000. The van der Waals surface area contributed by atoms with Gasteiger partial charge in [0, 0.05) is 24.5 Å². The molecule has 4 heteroatoms. The van der Waals surface area contributed by atoms with Gasteiger partial charge in [0.15, 0.2) is 0 Å². The Morgan fingerprint density at radius 3 is 2.95 bits per heavy atom. The van der Waals surface area contributed by atoms with Gasteiger partial charge in [0.05, 0.1) is 16.8 Å². The zero-order valence-corrected chi connectivity index (χ0v) is 11.0. The van der Waals surface area contributed by atoms with Crippen molar-refractivity contribution in [2.45, 2.75) is 19.4 Å². The number of aromatic nitrogens is 1. The van der Waals surface area contributed by atoms with Gasteiger partial charge in [-0.2, -0.15) is 0 Å². The number of para-hydroxylation sites is 1. The number of fused-ring (bicyclic) bond motifs is 1. The summed E-state index contributed by atoms with van der Waals surface area (Å²) < 4.78 is 0. The Hall–Kier alpha value is -1.94. The molecular weight excluding hydrogens is 238 g/mol. The number of aryl methyl sites for hydroxylation is 1. The van der Waals surface area contributed by atoms with Crippen LogP contribution in [0.25, 0.3) is 10.9 Å². The van der Waals surface area contributed by atoms with E-state index < -0.39 is 0 Å². The van der Waals surface area contributed by atoms with Crippen LogP contribution in [0.2, 0.25) is 0 Å². The Kier molecular flexibility index (Phi) is 2.95. The van der Waals surface area contributed by atoms with Crippen LogP contribution in [0.3, 0.4) is 0 Å². The minimum absolute atomic E-state index is 0.0451. The largest absolute Gasteiger partial charge is 0.337 e. The molecule has 2 heterocycles. The van der Waals surface area contributed by atoms with E-state index in [1.165, 1.54) is 0 Å². The van der Waals surface area contributed by atoms with Gasteiger partial charge in [-0.25, -0.2) is 0 Å². The molecule has 2 N–H and O–H groups in total. The van der Waals surface area contributed by atoms with Crippen molar-refractivity contribution in [1.82, 2.24) is 9.88 Å². The summed E-state index contributed by atoms with van der Waals surface area (Å²) in [7, 11) is 0. The number of carbonyl (C=O) groups excluding carboxylic acids is 1. The lowest BCUT2D eigenvalue weighted by molar-refractivity contribution is 0.0790. The third-order valence-electron chi connectivity index (χ3n) is 3.66. The van der Waals surface area contributed by atoms with E-state index in [0.29, 0.717) is 12.1 Å². The Bertz CT molecular complexity index is 638. The first-order valence-electron chi connectivity index (χ1n) is 6.56. The second-order valence-corrected chi connectivity index (χ2v) is 5.11. The Labute approximate surface area is 112 Å². The summed E-state index contributed by atoms with van der Waals surface area (Å²) in [5.41, 5.74) is 8.26. The highest BCUT2D eigenvalue weighted by Crippen LogP contribution is 2.19. The highest BCUT2D eigenvalue weighted by molar-refractivity contribution is 5.98. The minimum atomic E-state index is 0.0451. The molecule has 0 unspecified atom stereocenters. The van der Waals surface area contributed by atoms with Crippen LogP contribution in [0.4, 0.5) is 0 Å². The highest BCUT2D eigenvalue weighted by Gasteiger charge is 2.25. The molecule has 98 valence electrons. The van der Waals surface area contributed by atoms with Crippen molar-refractivity contribution in [3.8, 4) is 0 Å². The van der Waals surface area contributed by atoms with Crippen molar-refractivity contribution >= 4 is 16.8 Å². The fourth-order valence-electron chi connectivity index (χ4n) is 2.57. The Morgan fingerprint density at radius 1 is 1.42 bits per heavy atom. The number of carbonyl (C=O) groups is 1. The standard InChI is InChI=1S/C15H17N3O/c1-10-13(15(19)18-7-6-12(16)9-18)8-11-4-2-3-5-14(11)17-10/h2-5,8,12H,6-7,9,16H2,1H3/t12-/m0/s1. The van der Waals surface area contributed by atoms with Crippen LogP contribution in [0, 0.1) is 6.92 Å². The fourth-order valence-corrected chi connectivity index (χ4v) is 2.57. The maximum atomic E-state index is 12.5. The molecule has 1 fully saturated rings. The van der Waals surface area contributed by atoms with Gasteiger partial charge in [-0.1, -0.05) is 18.2 Å². The molecule has 19 heavy (non-hydrogen) atoms. The predicted molar refractivity (Wildman–Crippen MR) is 75.0 cm³/mol. The van der Waals surface area contributed by atoms with E-state index >= 15 is 0 Å². The van der Waals surface area contributed by atoms with Gasteiger partial charge in [-0.15, -0.1) is 0 Å². The van der Waals surface area contributed by atoms with Gasteiger partial charge >= 0.3 is 0 Å². The molecule has 1 saturated heterocycles. The van der Waals surface area contributed by atoms with E-state index in [4.69, 9.17) is 5.73 Å². The molecule has 0 spiro atoms. The molecule has 0 aliphatic carbocycles. The van der Waals surface area contributed by atoms with Crippen LogP contribution in [0.15, 0.2) is 30.3 Å². The molecule has 1 aliphatic heterocycles. The summed E-state index contributed by atoms with van der Waals surface area (Å²) in [4.78, 5) is 18.8. The summed E-state index contributed by atoms with van der Waals surface area (Å²) >= 11 is 0. The normalized spacial score (nSPS) is 19.1. The van der Waals surface area contributed by atoms with Gasteiger partial charge in [0.2, 0.25) is 0 Å². The lowest BCUT2D eigenvalue weighted by atomic mass is 10.1. The molecule has 1 aliphatic rings. The summed E-state index contributed by atoms with van der Waals surface area (Å²) in [5.74, 6) is 0.0451. The minimum Gasteiger partial charge on any atom is -0.337 e. The Morgan fingerprint density at radius 2 is 2.21 bits per heavy atom. The molecule has 1 aromatic carbocycles. The quantitative estimate of drug-likeness (QED) is 0.844. The number of amides is 1. The number of hydrogen-bond acceptors (Lipinski definition) is 3. The van der Waals surface area contributed by atoms with E-state index in [0.717, 1.165) is 29.6 Å². The van der Waals surface area contributed by atoms with E-state index in [1.54, 1.807) is 0 Å². The zero-order chi connectivity index (χ0) is 13.4.